The van der Waals surface area contributed by atoms with Gasteiger partial charge in [-0.2, -0.15) is 0 Å². The lowest BCUT2D eigenvalue weighted by Crippen LogP contribution is -2.12. The summed E-state index contributed by atoms with van der Waals surface area (Å²) in [6, 6.07) is 10.0. The van der Waals surface area contributed by atoms with Gasteiger partial charge >= 0.3 is 0 Å². The molecule has 15 heavy (non-hydrogen) atoms. The Kier molecular flexibility index (Phi) is 4.76. The molecular formula is C13H19FO. The van der Waals surface area contributed by atoms with Crippen molar-refractivity contribution in [1.82, 2.24) is 0 Å². The second-order valence-electron chi connectivity index (χ2n) is 4.36. The van der Waals surface area contributed by atoms with E-state index in [0.717, 1.165) is 12.0 Å². The van der Waals surface area contributed by atoms with Crippen LogP contribution in [0.1, 0.15) is 32.3 Å². The molecule has 0 heterocycles. The zero-order chi connectivity index (χ0) is 11.1. The molecule has 0 aliphatic rings. The van der Waals surface area contributed by atoms with Crippen molar-refractivity contribution < 1.29 is 9.13 Å². The fourth-order valence-corrected chi connectivity index (χ4v) is 1.36. The summed E-state index contributed by atoms with van der Waals surface area (Å²) in [6.45, 7) is 4.45. The first kappa shape index (κ1) is 12.2. The van der Waals surface area contributed by atoms with Crippen molar-refractivity contribution in [2.24, 2.45) is 0 Å². The van der Waals surface area contributed by atoms with E-state index in [9.17, 15) is 4.39 Å². The Morgan fingerprint density at radius 2 is 1.87 bits per heavy atom. The lowest BCUT2D eigenvalue weighted by Gasteiger charge is -2.13. The Hall–Kier alpha value is -0.890. The summed E-state index contributed by atoms with van der Waals surface area (Å²) in [6.07, 6.45) is 1.33. The molecule has 0 N–H and O–H groups in total. The van der Waals surface area contributed by atoms with Crippen molar-refractivity contribution in [3.8, 4) is 0 Å². The Morgan fingerprint density at radius 3 is 2.47 bits per heavy atom. The zero-order valence-electron chi connectivity index (χ0n) is 9.50. The molecule has 0 fully saturated rings. The SMILES string of the molecule is CC(C)(F)CCCOCc1ccccc1. The summed E-state index contributed by atoms with van der Waals surface area (Å²) < 4.78 is 18.5. The molecule has 0 radical (unpaired) electrons. The Labute approximate surface area is 91.3 Å². The van der Waals surface area contributed by atoms with E-state index in [-0.39, 0.29) is 0 Å². The molecular weight excluding hydrogens is 191 g/mol. The molecule has 1 aromatic rings. The van der Waals surface area contributed by atoms with Crippen molar-refractivity contribution in [2.45, 2.75) is 39.0 Å². The van der Waals surface area contributed by atoms with Crippen molar-refractivity contribution in [1.29, 1.82) is 0 Å². The summed E-state index contributed by atoms with van der Waals surface area (Å²) in [5.41, 5.74) is 0.0906. The summed E-state index contributed by atoms with van der Waals surface area (Å²) in [7, 11) is 0. The first-order chi connectivity index (χ1) is 7.08. The van der Waals surface area contributed by atoms with Gasteiger partial charge < -0.3 is 4.74 Å². The molecule has 0 aliphatic carbocycles. The van der Waals surface area contributed by atoms with Crippen LogP contribution < -0.4 is 0 Å². The molecule has 1 rings (SSSR count). The van der Waals surface area contributed by atoms with Crippen LogP contribution in [0.2, 0.25) is 0 Å². The number of ether oxygens (including phenoxy) is 1. The minimum Gasteiger partial charge on any atom is -0.377 e. The Bertz CT molecular complexity index is 264. The first-order valence-corrected chi connectivity index (χ1v) is 5.38. The lowest BCUT2D eigenvalue weighted by atomic mass is 10.1. The first-order valence-electron chi connectivity index (χ1n) is 5.38. The summed E-state index contributed by atoms with van der Waals surface area (Å²) in [5.74, 6) is 0. The summed E-state index contributed by atoms with van der Waals surface area (Å²) in [5, 5.41) is 0. The van der Waals surface area contributed by atoms with E-state index in [1.807, 2.05) is 30.3 Å². The molecule has 0 amide bonds. The maximum absolute atomic E-state index is 13.1. The van der Waals surface area contributed by atoms with Crippen LogP contribution in [0.5, 0.6) is 0 Å². The maximum atomic E-state index is 13.1. The van der Waals surface area contributed by atoms with Crippen LogP contribution in [0, 0.1) is 0 Å². The highest BCUT2D eigenvalue weighted by atomic mass is 19.1. The maximum Gasteiger partial charge on any atom is 0.105 e. The third kappa shape index (κ3) is 6.24. The molecule has 2 heteroatoms. The molecule has 0 unspecified atom stereocenters. The molecule has 0 atom stereocenters. The molecule has 0 saturated carbocycles. The highest BCUT2D eigenvalue weighted by Gasteiger charge is 2.13. The highest BCUT2D eigenvalue weighted by molar-refractivity contribution is 5.13. The van der Waals surface area contributed by atoms with Crippen LogP contribution >= 0.6 is 0 Å². The summed E-state index contributed by atoms with van der Waals surface area (Å²) in [4.78, 5) is 0. The van der Waals surface area contributed by atoms with E-state index in [1.165, 1.54) is 0 Å². The van der Waals surface area contributed by atoms with Crippen LogP contribution in [0.4, 0.5) is 4.39 Å². The van der Waals surface area contributed by atoms with Crippen molar-refractivity contribution >= 4 is 0 Å². The quantitative estimate of drug-likeness (QED) is 0.650. The molecule has 0 saturated heterocycles. The van der Waals surface area contributed by atoms with Gasteiger partial charge in [-0.3, -0.25) is 0 Å². The van der Waals surface area contributed by atoms with Gasteiger partial charge in [-0.25, -0.2) is 4.39 Å². The van der Waals surface area contributed by atoms with Gasteiger partial charge in [-0.05, 0) is 32.3 Å². The normalized spacial score (nSPS) is 11.7. The smallest absolute Gasteiger partial charge is 0.105 e. The van der Waals surface area contributed by atoms with Gasteiger partial charge in [0, 0.05) is 6.61 Å². The highest BCUT2D eigenvalue weighted by Crippen LogP contribution is 2.15. The van der Waals surface area contributed by atoms with E-state index in [4.69, 9.17) is 4.74 Å². The van der Waals surface area contributed by atoms with Gasteiger partial charge in [0.1, 0.15) is 5.67 Å². The van der Waals surface area contributed by atoms with Crippen molar-refractivity contribution in [3.05, 3.63) is 35.9 Å². The van der Waals surface area contributed by atoms with Crippen molar-refractivity contribution in [2.75, 3.05) is 6.61 Å². The average Bonchev–Trinajstić information content (AvgIpc) is 2.17. The number of benzene rings is 1. The number of rotatable bonds is 6. The second-order valence-corrected chi connectivity index (χ2v) is 4.36. The van der Waals surface area contributed by atoms with Crippen molar-refractivity contribution in [3.63, 3.8) is 0 Å². The zero-order valence-corrected chi connectivity index (χ0v) is 9.50. The third-order valence-electron chi connectivity index (χ3n) is 2.17. The Balaban J connectivity index is 2.08. The average molecular weight is 210 g/mol. The number of halogens is 1. The number of hydrogen-bond donors (Lipinski definition) is 0. The van der Waals surface area contributed by atoms with Gasteiger partial charge in [0.05, 0.1) is 6.61 Å². The van der Waals surface area contributed by atoms with E-state index < -0.39 is 5.67 Å². The van der Waals surface area contributed by atoms with Gasteiger partial charge in [0.15, 0.2) is 0 Å². The summed E-state index contributed by atoms with van der Waals surface area (Å²) >= 11 is 0. The van der Waals surface area contributed by atoms with E-state index in [1.54, 1.807) is 13.8 Å². The molecule has 1 aromatic carbocycles. The van der Waals surface area contributed by atoms with Gasteiger partial charge in [-0.1, -0.05) is 30.3 Å². The molecule has 0 aliphatic heterocycles. The number of alkyl halides is 1. The molecule has 84 valence electrons. The second kappa shape index (κ2) is 5.86. The molecule has 0 aromatic heterocycles. The largest absolute Gasteiger partial charge is 0.377 e. The minimum atomic E-state index is -1.07. The predicted octanol–water partition coefficient (Wildman–Crippen LogP) is 3.73. The van der Waals surface area contributed by atoms with Gasteiger partial charge in [0.2, 0.25) is 0 Å². The monoisotopic (exact) mass is 210 g/mol. The third-order valence-corrected chi connectivity index (χ3v) is 2.17. The predicted molar refractivity (Wildman–Crippen MR) is 60.5 cm³/mol. The standard InChI is InChI=1S/C13H19FO/c1-13(2,14)9-6-10-15-11-12-7-4-3-5-8-12/h3-5,7-8H,6,9-11H2,1-2H3. The fourth-order valence-electron chi connectivity index (χ4n) is 1.36. The van der Waals surface area contributed by atoms with Crippen LogP contribution in [-0.4, -0.2) is 12.3 Å². The van der Waals surface area contributed by atoms with Crippen LogP contribution in [-0.2, 0) is 11.3 Å². The van der Waals surface area contributed by atoms with Gasteiger partial charge in [-0.15, -0.1) is 0 Å². The van der Waals surface area contributed by atoms with Crippen LogP contribution in [0.25, 0.3) is 0 Å². The topological polar surface area (TPSA) is 9.23 Å². The van der Waals surface area contributed by atoms with E-state index in [0.29, 0.717) is 19.6 Å². The molecule has 1 nitrogen and oxygen atoms in total. The Morgan fingerprint density at radius 1 is 1.20 bits per heavy atom. The minimum absolute atomic E-state index is 0.557. The van der Waals surface area contributed by atoms with Crippen LogP contribution in [0.15, 0.2) is 30.3 Å². The molecule has 0 spiro atoms. The van der Waals surface area contributed by atoms with E-state index >= 15 is 0 Å². The van der Waals surface area contributed by atoms with Crippen LogP contribution in [0.3, 0.4) is 0 Å². The number of hydrogen-bond acceptors (Lipinski definition) is 1. The fraction of sp³-hybridized carbons (Fsp3) is 0.538. The van der Waals surface area contributed by atoms with Gasteiger partial charge in [0.25, 0.3) is 0 Å². The van der Waals surface area contributed by atoms with E-state index in [2.05, 4.69) is 0 Å². The molecule has 0 bridgehead atoms. The lowest BCUT2D eigenvalue weighted by molar-refractivity contribution is 0.100.